The molecule has 0 heterocycles. The summed E-state index contributed by atoms with van der Waals surface area (Å²) in [4.78, 5) is 0. The number of hydrogen-bond donors (Lipinski definition) is 0. The van der Waals surface area contributed by atoms with Gasteiger partial charge >= 0.3 is 0 Å². The third-order valence-corrected chi connectivity index (χ3v) is 7.74. The highest BCUT2D eigenvalue weighted by atomic mass is 127. The lowest BCUT2D eigenvalue weighted by molar-refractivity contribution is -0.888. The summed E-state index contributed by atoms with van der Waals surface area (Å²) in [5.74, 6) is 2.58. The molecule has 0 fully saturated rings. The topological polar surface area (TPSA) is 0 Å². The van der Waals surface area contributed by atoms with Crippen molar-refractivity contribution >= 4 is 21.6 Å². The van der Waals surface area contributed by atoms with Gasteiger partial charge in [-0.3, -0.25) is 0 Å². The molecular weight excluding hydrogens is 610 g/mol. The Labute approximate surface area is 220 Å². The van der Waals surface area contributed by atoms with Crippen molar-refractivity contribution in [2.45, 2.75) is 78.1 Å². The fraction of sp³-hybridized carbons (Fsp3) is 1.00. The molecule has 174 valence electrons. The average Bonchev–Trinajstić information content (AvgIpc) is 2.57. The molecule has 0 aliphatic carbocycles. The van der Waals surface area contributed by atoms with E-state index in [4.69, 9.17) is 0 Å². The largest absolute Gasteiger partial charge is 1.00 e. The molecule has 0 saturated carbocycles. The van der Waals surface area contributed by atoms with Crippen LogP contribution in [0, 0.1) is 0 Å². The van der Waals surface area contributed by atoms with Crippen molar-refractivity contribution in [1.82, 2.24) is 0 Å². The van der Waals surface area contributed by atoms with Gasteiger partial charge in [0.2, 0.25) is 0 Å². The first kappa shape index (κ1) is 34.7. The molecule has 6 heteroatoms. The number of nitrogens with zero attached hydrogens (tertiary/aromatic N) is 2. The molecule has 0 aromatic heterocycles. The second-order valence-electron chi connectivity index (χ2n) is 9.24. The first-order chi connectivity index (χ1) is 12.3. The maximum absolute atomic E-state index is 2.41. The van der Waals surface area contributed by atoms with Crippen molar-refractivity contribution in [3.05, 3.63) is 0 Å². The minimum absolute atomic E-state index is 0. The van der Waals surface area contributed by atoms with Crippen molar-refractivity contribution in [3.63, 3.8) is 0 Å². The molecule has 0 radical (unpaired) electrons. The fourth-order valence-electron chi connectivity index (χ4n) is 3.20. The SMILES string of the molecule is CCCCCCC[N+](C)(C)CCSSCC[N+](C)(C)CCCCCCC.[I-].[I-]. The summed E-state index contributed by atoms with van der Waals surface area (Å²) in [7, 11) is 13.8. The van der Waals surface area contributed by atoms with Gasteiger partial charge in [-0.1, -0.05) is 74.0 Å². The van der Waals surface area contributed by atoms with Crippen LogP contribution in [0.2, 0.25) is 0 Å². The molecule has 0 rings (SSSR count). The third-order valence-electron chi connectivity index (χ3n) is 5.38. The van der Waals surface area contributed by atoms with E-state index in [1.165, 1.54) is 111 Å². The van der Waals surface area contributed by atoms with E-state index in [2.05, 4.69) is 63.6 Å². The Balaban J connectivity index is -0.00000312. The minimum atomic E-state index is 0. The van der Waals surface area contributed by atoms with E-state index >= 15 is 0 Å². The minimum Gasteiger partial charge on any atom is -1.00 e. The highest BCUT2D eigenvalue weighted by Crippen LogP contribution is 2.22. The van der Waals surface area contributed by atoms with Gasteiger partial charge in [0.15, 0.2) is 0 Å². The number of halogens is 2. The second-order valence-corrected chi connectivity index (χ2v) is 11.9. The van der Waals surface area contributed by atoms with Crippen LogP contribution in [0.3, 0.4) is 0 Å². The van der Waals surface area contributed by atoms with Crippen LogP contribution >= 0.6 is 21.6 Å². The zero-order valence-electron chi connectivity index (χ0n) is 19.8. The van der Waals surface area contributed by atoms with Crippen molar-refractivity contribution in [2.75, 3.05) is 65.9 Å². The molecule has 0 aliphatic heterocycles. The van der Waals surface area contributed by atoms with Crippen LogP contribution in [0.15, 0.2) is 0 Å². The van der Waals surface area contributed by atoms with Crippen molar-refractivity contribution < 1.29 is 56.9 Å². The molecule has 0 saturated heterocycles. The van der Waals surface area contributed by atoms with E-state index in [-0.39, 0.29) is 48.0 Å². The summed E-state index contributed by atoms with van der Waals surface area (Å²) in [6.45, 7) is 9.89. The molecule has 0 unspecified atom stereocenters. The van der Waals surface area contributed by atoms with Crippen LogP contribution in [0.25, 0.3) is 0 Å². The third kappa shape index (κ3) is 24.4. The van der Waals surface area contributed by atoms with Gasteiger partial charge in [0.1, 0.15) is 0 Å². The average molecular weight is 661 g/mol. The van der Waals surface area contributed by atoms with Gasteiger partial charge in [0.25, 0.3) is 0 Å². The summed E-state index contributed by atoms with van der Waals surface area (Å²) < 4.78 is 2.39. The smallest absolute Gasteiger partial charge is 0.0882 e. The van der Waals surface area contributed by atoms with Gasteiger partial charge in [-0.2, -0.15) is 0 Å². The number of hydrogen-bond acceptors (Lipinski definition) is 2. The molecule has 0 aromatic rings. The molecule has 0 N–H and O–H groups in total. The maximum atomic E-state index is 2.41. The normalized spacial score (nSPS) is 11.8. The van der Waals surface area contributed by atoms with E-state index in [0.717, 1.165) is 0 Å². The molecule has 0 bridgehead atoms. The molecular formula is C22H50I2N2S2. The zero-order valence-corrected chi connectivity index (χ0v) is 25.7. The molecule has 0 atom stereocenters. The Morgan fingerprint density at radius 2 is 0.786 bits per heavy atom. The summed E-state index contributed by atoms with van der Waals surface area (Å²) in [6, 6.07) is 0. The zero-order chi connectivity index (χ0) is 19.7. The summed E-state index contributed by atoms with van der Waals surface area (Å²) in [5, 5.41) is 0. The van der Waals surface area contributed by atoms with E-state index in [1.807, 2.05) is 0 Å². The quantitative estimate of drug-likeness (QED) is 0.0857. The van der Waals surface area contributed by atoms with Crippen LogP contribution in [0.4, 0.5) is 0 Å². The lowest BCUT2D eigenvalue weighted by atomic mass is 10.1. The molecule has 0 aromatic carbocycles. The Bertz CT molecular complexity index is 287. The summed E-state index contributed by atoms with van der Waals surface area (Å²) in [5.41, 5.74) is 0. The molecule has 0 aliphatic rings. The van der Waals surface area contributed by atoms with Gasteiger partial charge in [-0.05, 0) is 25.7 Å². The van der Waals surface area contributed by atoms with Crippen LogP contribution in [0.1, 0.15) is 78.1 Å². The van der Waals surface area contributed by atoms with Crippen LogP contribution < -0.4 is 48.0 Å². The fourth-order valence-corrected chi connectivity index (χ4v) is 5.72. The highest BCUT2D eigenvalue weighted by Gasteiger charge is 2.16. The molecule has 2 nitrogen and oxygen atoms in total. The standard InChI is InChI=1S/C22H50N2S2.2HI/c1-7-9-11-13-15-17-23(3,4)19-21-25-26-22-20-24(5,6)18-16-14-12-10-8-2;;/h7-22H2,1-6H3;2*1H/q+2;;/p-2. The van der Waals surface area contributed by atoms with Gasteiger partial charge in [-0.15, -0.1) is 0 Å². The summed E-state index contributed by atoms with van der Waals surface area (Å²) in [6.07, 6.45) is 14.0. The van der Waals surface area contributed by atoms with Gasteiger partial charge in [0.05, 0.1) is 65.9 Å². The predicted octanol–water partition coefficient (Wildman–Crippen LogP) is 0.469. The Morgan fingerprint density at radius 1 is 0.464 bits per heavy atom. The van der Waals surface area contributed by atoms with Gasteiger partial charge < -0.3 is 56.9 Å². The first-order valence-electron chi connectivity index (χ1n) is 11.2. The molecule has 28 heavy (non-hydrogen) atoms. The predicted molar refractivity (Wildman–Crippen MR) is 126 cm³/mol. The van der Waals surface area contributed by atoms with E-state index in [9.17, 15) is 0 Å². The van der Waals surface area contributed by atoms with Crippen molar-refractivity contribution in [3.8, 4) is 0 Å². The molecule has 0 spiro atoms. The van der Waals surface area contributed by atoms with Crippen molar-refractivity contribution in [1.29, 1.82) is 0 Å². The Morgan fingerprint density at radius 3 is 1.11 bits per heavy atom. The van der Waals surface area contributed by atoms with Crippen LogP contribution in [-0.2, 0) is 0 Å². The first-order valence-corrected chi connectivity index (χ1v) is 13.7. The Kier molecular flexibility index (Phi) is 27.6. The number of rotatable bonds is 19. The maximum Gasteiger partial charge on any atom is 0.0882 e. The van der Waals surface area contributed by atoms with Crippen LogP contribution in [0.5, 0.6) is 0 Å². The molecule has 0 amide bonds. The number of unbranched alkanes of at least 4 members (excludes halogenated alkanes) is 8. The van der Waals surface area contributed by atoms with Gasteiger partial charge in [-0.25, -0.2) is 0 Å². The number of quaternary nitrogens is 2. The second kappa shape index (κ2) is 22.3. The Hall–Kier alpha value is 2.08. The van der Waals surface area contributed by atoms with E-state index in [0.29, 0.717) is 0 Å². The summed E-state index contributed by atoms with van der Waals surface area (Å²) >= 11 is 0. The lowest BCUT2D eigenvalue weighted by Gasteiger charge is -2.30. The monoisotopic (exact) mass is 660 g/mol. The highest BCUT2D eigenvalue weighted by molar-refractivity contribution is 8.76. The van der Waals surface area contributed by atoms with E-state index in [1.54, 1.807) is 0 Å². The van der Waals surface area contributed by atoms with Gasteiger partial charge in [0, 0.05) is 0 Å². The van der Waals surface area contributed by atoms with Crippen LogP contribution in [-0.4, -0.2) is 74.8 Å². The van der Waals surface area contributed by atoms with E-state index < -0.39 is 0 Å². The lowest BCUT2D eigenvalue weighted by Crippen LogP contribution is -3.00. The van der Waals surface area contributed by atoms with Crippen molar-refractivity contribution in [2.24, 2.45) is 0 Å².